The molecule has 0 unspecified atom stereocenters. The largest absolute Gasteiger partial charge is 0.368 e. The van der Waals surface area contributed by atoms with E-state index < -0.39 is 20.3 Å². The summed E-state index contributed by atoms with van der Waals surface area (Å²) >= 11 is 0. The van der Waals surface area contributed by atoms with E-state index in [9.17, 15) is 18.5 Å². The van der Waals surface area contributed by atoms with Crippen molar-refractivity contribution in [2.24, 2.45) is 0 Å². The highest BCUT2D eigenvalue weighted by molar-refractivity contribution is 7.95. The summed E-state index contributed by atoms with van der Waals surface area (Å²) in [5.74, 6) is 0.370. The minimum Gasteiger partial charge on any atom is -0.368 e. The van der Waals surface area contributed by atoms with Crippen LogP contribution in [0.3, 0.4) is 0 Å². The Labute approximate surface area is 208 Å². The van der Waals surface area contributed by atoms with Gasteiger partial charge in [-0.1, -0.05) is 42.5 Å². The Morgan fingerprint density at radius 3 is 2.14 bits per heavy atom. The van der Waals surface area contributed by atoms with E-state index in [0.29, 0.717) is 37.6 Å². The summed E-state index contributed by atoms with van der Waals surface area (Å²) in [6, 6.07) is 24.8. The minimum atomic E-state index is -4.11. The fraction of sp³-hybridized carbons (Fsp3) is 0.148. The number of piperazine rings is 1. The number of nitriles is 1. The van der Waals surface area contributed by atoms with Gasteiger partial charge in [0, 0.05) is 38.1 Å². The standard InChI is InChI=1S/C27H23N5O3S/c28-20-23(36(34,35)22-11-5-2-6-12-22)19-24-26(29-25-13-7-8-14-32(25)27(24)33)31-17-15-30(16-18-31)21-9-3-1-4-10-21/h1-14,19H,15-18H2/b23-19+. The summed E-state index contributed by atoms with van der Waals surface area (Å²) in [5, 5.41) is 9.80. The third-order valence-electron chi connectivity index (χ3n) is 6.18. The predicted molar refractivity (Wildman–Crippen MR) is 140 cm³/mol. The normalized spacial score (nSPS) is 14.6. The number of anilines is 2. The van der Waals surface area contributed by atoms with Crippen molar-refractivity contribution < 1.29 is 8.42 Å². The van der Waals surface area contributed by atoms with E-state index >= 15 is 0 Å². The highest BCUT2D eigenvalue weighted by Gasteiger charge is 2.26. The fourth-order valence-electron chi connectivity index (χ4n) is 4.30. The Morgan fingerprint density at radius 1 is 0.861 bits per heavy atom. The number of hydrogen-bond acceptors (Lipinski definition) is 7. The van der Waals surface area contributed by atoms with E-state index in [-0.39, 0.29) is 10.5 Å². The maximum atomic E-state index is 13.5. The molecule has 0 radical (unpaired) electrons. The van der Waals surface area contributed by atoms with Crippen LogP contribution in [0.1, 0.15) is 5.56 Å². The summed E-state index contributed by atoms with van der Waals surface area (Å²) in [4.78, 5) is 22.0. The number of rotatable bonds is 5. The number of hydrogen-bond donors (Lipinski definition) is 0. The van der Waals surface area contributed by atoms with Gasteiger partial charge in [0.05, 0.1) is 10.5 Å². The first-order valence-electron chi connectivity index (χ1n) is 11.5. The van der Waals surface area contributed by atoms with Crippen molar-refractivity contribution in [2.75, 3.05) is 36.0 Å². The van der Waals surface area contributed by atoms with Gasteiger partial charge in [-0.3, -0.25) is 9.20 Å². The van der Waals surface area contributed by atoms with Gasteiger partial charge in [-0.05, 0) is 42.5 Å². The predicted octanol–water partition coefficient (Wildman–Crippen LogP) is 3.36. The van der Waals surface area contributed by atoms with Crippen LogP contribution in [0.15, 0.2) is 99.7 Å². The zero-order valence-electron chi connectivity index (χ0n) is 19.4. The van der Waals surface area contributed by atoms with Crippen LogP contribution in [0.4, 0.5) is 11.5 Å². The molecule has 2 aromatic heterocycles. The van der Waals surface area contributed by atoms with E-state index in [0.717, 1.165) is 11.8 Å². The quantitative estimate of drug-likeness (QED) is 0.390. The number of sulfone groups is 1. The molecule has 1 fully saturated rings. The van der Waals surface area contributed by atoms with Crippen molar-refractivity contribution in [1.82, 2.24) is 9.38 Å². The molecule has 0 atom stereocenters. The van der Waals surface area contributed by atoms with Gasteiger partial charge < -0.3 is 9.80 Å². The number of allylic oxidation sites excluding steroid dienone is 1. The van der Waals surface area contributed by atoms with Gasteiger partial charge in [0.1, 0.15) is 22.4 Å². The molecule has 9 heteroatoms. The maximum absolute atomic E-state index is 13.5. The molecule has 0 saturated carbocycles. The second-order valence-electron chi connectivity index (χ2n) is 8.33. The molecule has 2 aromatic carbocycles. The second kappa shape index (κ2) is 9.68. The monoisotopic (exact) mass is 497 g/mol. The molecular formula is C27H23N5O3S. The number of fused-ring (bicyclic) bond motifs is 1. The third kappa shape index (κ3) is 4.34. The number of para-hydroxylation sites is 1. The van der Waals surface area contributed by atoms with E-state index in [1.54, 1.807) is 48.7 Å². The highest BCUT2D eigenvalue weighted by Crippen LogP contribution is 2.26. The summed E-state index contributed by atoms with van der Waals surface area (Å²) in [6.07, 6.45) is 2.74. The van der Waals surface area contributed by atoms with Gasteiger partial charge in [0.15, 0.2) is 0 Å². The minimum absolute atomic E-state index is 0.00956. The molecule has 0 amide bonds. The van der Waals surface area contributed by atoms with Gasteiger partial charge in [-0.15, -0.1) is 0 Å². The summed E-state index contributed by atoms with van der Waals surface area (Å²) in [6.45, 7) is 2.57. The SMILES string of the molecule is N#C/C(=C\c1c(N2CCN(c3ccccc3)CC2)nc2ccccn2c1=O)S(=O)(=O)c1ccccc1. The van der Waals surface area contributed by atoms with E-state index in [1.807, 2.05) is 23.1 Å². The van der Waals surface area contributed by atoms with Gasteiger partial charge in [-0.2, -0.15) is 5.26 Å². The zero-order chi connectivity index (χ0) is 25.1. The summed E-state index contributed by atoms with van der Waals surface area (Å²) < 4.78 is 27.7. The topological polar surface area (TPSA) is 98.8 Å². The Hall–Kier alpha value is -4.42. The van der Waals surface area contributed by atoms with Crippen LogP contribution in [0, 0.1) is 11.3 Å². The molecular weight excluding hydrogens is 474 g/mol. The van der Waals surface area contributed by atoms with Crippen LogP contribution < -0.4 is 15.4 Å². The van der Waals surface area contributed by atoms with Crippen LogP contribution in [0.5, 0.6) is 0 Å². The van der Waals surface area contributed by atoms with Gasteiger partial charge in [-0.25, -0.2) is 13.4 Å². The number of benzene rings is 2. The lowest BCUT2D eigenvalue weighted by atomic mass is 10.2. The molecule has 1 aliphatic heterocycles. The van der Waals surface area contributed by atoms with E-state index in [4.69, 9.17) is 4.98 Å². The summed E-state index contributed by atoms with van der Waals surface area (Å²) in [7, 11) is -4.11. The molecule has 0 spiro atoms. The Balaban J connectivity index is 1.59. The molecule has 4 aromatic rings. The maximum Gasteiger partial charge on any atom is 0.267 e. The van der Waals surface area contributed by atoms with Crippen LogP contribution in [0.2, 0.25) is 0 Å². The molecule has 3 heterocycles. The lowest BCUT2D eigenvalue weighted by Crippen LogP contribution is -2.47. The van der Waals surface area contributed by atoms with E-state index in [2.05, 4.69) is 17.0 Å². The van der Waals surface area contributed by atoms with Crippen molar-refractivity contribution >= 4 is 33.1 Å². The Kier molecular flexibility index (Phi) is 6.27. The Bertz CT molecular complexity index is 1630. The molecule has 1 saturated heterocycles. The average molecular weight is 498 g/mol. The van der Waals surface area contributed by atoms with Crippen molar-refractivity contribution in [2.45, 2.75) is 4.90 Å². The van der Waals surface area contributed by atoms with Crippen molar-refractivity contribution in [1.29, 1.82) is 5.26 Å². The fourth-order valence-corrected chi connectivity index (χ4v) is 5.46. The van der Waals surface area contributed by atoms with Gasteiger partial charge in [0.25, 0.3) is 5.56 Å². The molecule has 0 bridgehead atoms. The second-order valence-corrected chi connectivity index (χ2v) is 10.2. The number of nitrogens with zero attached hydrogens (tertiary/aromatic N) is 5. The first kappa shape index (κ1) is 23.3. The smallest absolute Gasteiger partial charge is 0.267 e. The van der Waals surface area contributed by atoms with Crippen molar-refractivity contribution in [3.63, 3.8) is 0 Å². The van der Waals surface area contributed by atoms with Gasteiger partial charge in [0.2, 0.25) is 9.84 Å². The first-order valence-corrected chi connectivity index (χ1v) is 13.0. The average Bonchev–Trinajstić information content (AvgIpc) is 2.93. The molecule has 0 aliphatic carbocycles. The van der Waals surface area contributed by atoms with Crippen LogP contribution >= 0.6 is 0 Å². The van der Waals surface area contributed by atoms with E-state index in [1.165, 1.54) is 16.5 Å². The highest BCUT2D eigenvalue weighted by atomic mass is 32.2. The molecule has 0 N–H and O–H groups in total. The van der Waals surface area contributed by atoms with Crippen molar-refractivity contribution in [3.8, 4) is 6.07 Å². The van der Waals surface area contributed by atoms with Crippen LogP contribution in [-0.2, 0) is 9.84 Å². The van der Waals surface area contributed by atoms with Crippen LogP contribution in [-0.4, -0.2) is 44.0 Å². The molecule has 180 valence electrons. The molecule has 1 aliphatic rings. The lowest BCUT2D eigenvalue weighted by molar-refractivity contribution is 0.603. The lowest BCUT2D eigenvalue weighted by Gasteiger charge is -2.37. The molecule has 36 heavy (non-hydrogen) atoms. The molecule has 8 nitrogen and oxygen atoms in total. The van der Waals surface area contributed by atoms with Crippen LogP contribution in [0.25, 0.3) is 11.7 Å². The number of aromatic nitrogens is 2. The van der Waals surface area contributed by atoms with Crippen molar-refractivity contribution in [3.05, 3.63) is 106 Å². The zero-order valence-corrected chi connectivity index (χ0v) is 20.2. The first-order chi connectivity index (χ1) is 17.5. The third-order valence-corrected chi connectivity index (χ3v) is 7.86. The summed E-state index contributed by atoms with van der Waals surface area (Å²) in [5.41, 5.74) is 1.20. The molecule has 5 rings (SSSR count). The Morgan fingerprint density at radius 2 is 1.47 bits per heavy atom. The number of pyridine rings is 1. The van der Waals surface area contributed by atoms with Gasteiger partial charge >= 0.3 is 0 Å².